The van der Waals surface area contributed by atoms with E-state index in [1.54, 1.807) is 19.1 Å². The first-order valence-electron chi connectivity index (χ1n) is 4.53. The monoisotopic (exact) mass is 207 g/mol. The summed E-state index contributed by atoms with van der Waals surface area (Å²) in [4.78, 5) is 3.94. The Morgan fingerprint density at radius 1 is 1.40 bits per heavy atom. The normalized spacial score (nSPS) is 12.7. The zero-order chi connectivity index (χ0) is 10.8. The molecule has 0 aliphatic rings. The summed E-state index contributed by atoms with van der Waals surface area (Å²) >= 11 is 0. The van der Waals surface area contributed by atoms with Gasteiger partial charge in [-0.05, 0) is 13.0 Å². The minimum atomic E-state index is -1.15. The Morgan fingerprint density at radius 3 is 2.73 bits per heavy atom. The number of aliphatic hydroxyl groups excluding tert-OH is 1. The maximum absolute atomic E-state index is 13.3. The van der Waals surface area contributed by atoms with Gasteiger partial charge in [0.05, 0.1) is 5.69 Å². The molecule has 1 aromatic heterocycles. The summed E-state index contributed by atoms with van der Waals surface area (Å²) in [5.74, 6) is -0.363. The molecule has 1 heterocycles. The van der Waals surface area contributed by atoms with Crippen molar-refractivity contribution in [3.8, 4) is 0 Å². The highest BCUT2D eigenvalue weighted by Crippen LogP contribution is 2.23. The molecule has 3 nitrogen and oxygen atoms in total. The number of oxazole rings is 1. The molecular formula is C11H10FNO2. The topological polar surface area (TPSA) is 46.3 Å². The van der Waals surface area contributed by atoms with Gasteiger partial charge in [0.1, 0.15) is 12.1 Å². The zero-order valence-electron chi connectivity index (χ0n) is 8.14. The predicted octanol–water partition coefficient (Wildman–Crippen LogP) is 2.20. The van der Waals surface area contributed by atoms with Crippen LogP contribution in [0.25, 0.3) is 0 Å². The average molecular weight is 207 g/mol. The molecule has 4 heteroatoms. The van der Waals surface area contributed by atoms with Gasteiger partial charge in [0, 0.05) is 5.56 Å². The Hall–Kier alpha value is -1.68. The molecule has 2 rings (SSSR count). The molecule has 0 aliphatic carbocycles. The molecule has 0 fully saturated rings. The van der Waals surface area contributed by atoms with Crippen molar-refractivity contribution in [2.45, 2.75) is 13.0 Å². The van der Waals surface area contributed by atoms with Crippen molar-refractivity contribution in [1.82, 2.24) is 4.98 Å². The first-order chi connectivity index (χ1) is 7.18. The van der Waals surface area contributed by atoms with E-state index < -0.39 is 11.9 Å². The summed E-state index contributed by atoms with van der Waals surface area (Å²) in [5.41, 5.74) is 0.819. The van der Waals surface area contributed by atoms with Gasteiger partial charge in [0.2, 0.25) is 5.89 Å². The number of benzene rings is 1. The highest BCUT2D eigenvalue weighted by Gasteiger charge is 2.18. The van der Waals surface area contributed by atoms with Crippen LogP contribution in [0.15, 0.2) is 34.9 Å². The van der Waals surface area contributed by atoms with E-state index in [0.717, 1.165) is 0 Å². The maximum Gasteiger partial charge on any atom is 0.227 e. The van der Waals surface area contributed by atoms with Crippen LogP contribution in [0.1, 0.15) is 23.3 Å². The van der Waals surface area contributed by atoms with Gasteiger partial charge >= 0.3 is 0 Å². The molecule has 1 N–H and O–H groups in total. The third-order valence-corrected chi connectivity index (χ3v) is 2.07. The number of halogens is 1. The summed E-state index contributed by atoms with van der Waals surface area (Å²) in [7, 11) is 0. The molecule has 0 bridgehead atoms. The Kier molecular flexibility index (Phi) is 2.51. The van der Waals surface area contributed by atoms with E-state index in [-0.39, 0.29) is 11.5 Å². The smallest absolute Gasteiger partial charge is 0.227 e. The Balaban J connectivity index is 2.36. The highest BCUT2D eigenvalue weighted by atomic mass is 19.1. The Bertz CT molecular complexity index is 467. The maximum atomic E-state index is 13.3. The summed E-state index contributed by atoms with van der Waals surface area (Å²) in [6, 6.07) is 6.00. The molecule has 15 heavy (non-hydrogen) atoms. The standard InChI is InChI=1S/C11H10FNO2/c1-7-6-15-11(13-7)10(14)8-4-2-3-5-9(8)12/h2-6,10,14H,1H3. The SMILES string of the molecule is Cc1coc(C(O)c2ccccc2F)n1. The van der Waals surface area contributed by atoms with E-state index in [0.29, 0.717) is 5.69 Å². The van der Waals surface area contributed by atoms with Crippen molar-refractivity contribution in [3.05, 3.63) is 53.5 Å². The predicted molar refractivity (Wildman–Crippen MR) is 51.7 cm³/mol. The third-order valence-electron chi connectivity index (χ3n) is 2.07. The third kappa shape index (κ3) is 1.89. The van der Waals surface area contributed by atoms with Gasteiger partial charge in [0.15, 0.2) is 6.10 Å². The fraction of sp³-hybridized carbons (Fsp3) is 0.182. The number of aliphatic hydroxyl groups is 1. The van der Waals surface area contributed by atoms with Crippen LogP contribution in [0, 0.1) is 12.7 Å². The van der Waals surface area contributed by atoms with E-state index in [1.807, 2.05) is 0 Å². The number of hydrogen-bond donors (Lipinski definition) is 1. The van der Waals surface area contributed by atoms with Crippen LogP contribution in [0.3, 0.4) is 0 Å². The number of hydrogen-bond acceptors (Lipinski definition) is 3. The van der Waals surface area contributed by atoms with E-state index in [4.69, 9.17) is 4.42 Å². The second-order valence-electron chi connectivity index (χ2n) is 3.25. The lowest BCUT2D eigenvalue weighted by Gasteiger charge is -2.07. The van der Waals surface area contributed by atoms with Crippen molar-refractivity contribution >= 4 is 0 Å². The fourth-order valence-electron chi connectivity index (χ4n) is 1.33. The molecule has 0 amide bonds. The lowest BCUT2D eigenvalue weighted by molar-refractivity contribution is 0.178. The molecule has 0 radical (unpaired) electrons. The Morgan fingerprint density at radius 2 is 2.13 bits per heavy atom. The Labute approximate surface area is 86.2 Å². The molecule has 1 unspecified atom stereocenters. The van der Waals surface area contributed by atoms with Crippen LogP contribution in [-0.4, -0.2) is 10.1 Å². The second kappa shape index (κ2) is 3.82. The van der Waals surface area contributed by atoms with E-state index in [9.17, 15) is 9.50 Å². The van der Waals surface area contributed by atoms with E-state index in [2.05, 4.69) is 4.98 Å². The van der Waals surface area contributed by atoms with Crippen LogP contribution in [-0.2, 0) is 0 Å². The largest absolute Gasteiger partial charge is 0.446 e. The summed E-state index contributed by atoms with van der Waals surface area (Å²) in [6.45, 7) is 1.74. The van der Waals surface area contributed by atoms with Gasteiger partial charge in [-0.2, -0.15) is 0 Å². The van der Waals surface area contributed by atoms with Crippen LogP contribution >= 0.6 is 0 Å². The van der Waals surface area contributed by atoms with Crippen molar-refractivity contribution in [3.63, 3.8) is 0 Å². The molecule has 0 saturated carbocycles. The number of aromatic nitrogens is 1. The van der Waals surface area contributed by atoms with Gasteiger partial charge in [-0.15, -0.1) is 0 Å². The van der Waals surface area contributed by atoms with Gasteiger partial charge in [-0.1, -0.05) is 18.2 Å². The van der Waals surface area contributed by atoms with Gasteiger partial charge in [0.25, 0.3) is 0 Å². The molecule has 2 aromatic rings. The molecule has 0 saturated heterocycles. The van der Waals surface area contributed by atoms with Gasteiger partial charge in [-0.25, -0.2) is 9.37 Å². The fourth-order valence-corrected chi connectivity index (χ4v) is 1.33. The summed E-state index contributed by atoms with van der Waals surface area (Å²) < 4.78 is 18.3. The van der Waals surface area contributed by atoms with Crippen LogP contribution in [0.4, 0.5) is 4.39 Å². The number of aryl methyl sites for hydroxylation is 1. The van der Waals surface area contributed by atoms with Crippen molar-refractivity contribution < 1.29 is 13.9 Å². The summed E-state index contributed by atoms with van der Waals surface area (Å²) in [5, 5.41) is 9.79. The van der Waals surface area contributed by atoms with E-state index >= 15 is 0 Å². The lowest BCUT2D eigenvalue weighted by atomic mass is 10.1. The van der Waals surface area contributed by atoms with E-state index in [1.165, 1.54) is 18.4 Å². The molecule has 1 atom stereocenters. The number of nitrogens with zero attached hydrogens (tertiary/aromatic N) is 1. The summed E-state index contributed by atoms with van der Waals surface area (Å²) in [6.07, 6.45) is 0.263. The minimum absolute atomic E-state index is 0.109. The van der Waals surface area contributed by atoms with Gasteiger partial charge < -0.3 is 9.52 Å². The molecule has 0 spiro atoms. The van der Waals surface area contributed by atoms with Crippen LogP contribution < -0.4 is 0 Å². The van der Waals surface area contributed by atoms with Crippen molar-refractivity contribution in [2.75, 3.05) is 0 Å². The first-order valence-corrected chi connectivity index (χ1v) is 4.53. The molecule has 0 aliphatic heterocycles. The van der Waals surface area contributed by atoms with Crippen molar-refractivity contribution in [2.24, 2.45) is 0 Å². The zero-order valence-corrected chi connectivity index (χ0v) is 8.14. The lowest BCUT2D eigenvalue weighted by Crippen LogP contribution is -2.02. The minimum Gasteiger partial charge on any atom is -0.446 e. The molecule has 78 valence electrons. The molecule has 1 aromatic carbocycles. The van der Waals surface area contributed by atoms with Gasteiger partial charge in [-0.3, -0.25) is 0 Å². The molecular weight excluding hydrogens is 197 g/mol. The first kappa shape index (κ1) is 9.86. The van der Waals surface area contributed by atoms with Crippen molar-refractivity contribution in [1.29, 1.82) is 0 Å². The quantitative estimate of drug-likeness (QED) is 0.821. The van der Waals surface area contributed by atoms with Crippen LogP contribution in [0.5, 0.6) is 0 Å². The van der Waals surface area contributed by atoms with Crippen LogP contribution in [0.2, 0.25) is 0 Å². The number of rotatable bonds is 2. The average Bonchev–Trinajstić information content (AvgIpc) is 2.65. The second-order valence-corrected chi connectivity index (χ2v) is 3.25. The highest BCUT2D eigenvalue weighted by molar-refractivity contribution is 5.23.